The molecule has 1 heterocycles. The molecular formula is C52H35NO. The monoisotopic (exact) mass is 689 g/mol. The molecule has 0 radical (unpaired) electrons. The van der Waals surface area contributed by atoms with Gasteiger partial charge < -0.3 is 9.32 Å². The van der Waals surface area contributed by atoms with Gasteiger partial charge in [-0.15, -0.1) is 0 Å². The van der Waals surface area contributed by atoms with Gasteiger partial charge in [0.25, 0.3) is 0 Å². The molecule has 2 heteroatoms. The molecule has 0 atom stereocenters. The van der Waals surface area contributed by atoms with Crippen molar-refractivity contribution in [2.24, 2.45) is 0 Å². The number of furan rings is 1. The van der Waals surface area contributed by atoms with Gasteiger partial charge in [-0.1, -0.05) is 170 Å². The van der Waals surface area contributed by atoms with Gasteiger partial charge in [-0.2, -0.15) is 0 Å². The highest BCUT2D eigenvalue weighted by atomic mass is 16.3. The highest BCUT2D eigenvalue weighted by Gasteiger charge is 2.17. The summed E-state index contributed by atoms with van der Waals surface area (Å²) in [6.45, 7) is 0. The van der Waals surface area contributed by atoms with Crippen molar-refractivity contribution in [1.82, 2.24) is 0 Å². The van der Waals surface area contributed by atoms with Crippen molar-refractivity contribution in [2.75, 3.05) is 4.90 Å². The first-order chi connectivity index (χ1) is 26.8. The lowest BCUT2D eigenvalue weighted by atomic mass is 9.98. The Morgan fingerprint density at radius 1 is 0.278 bits per heavy atom. The Morgan fingerprint density at radius 3 is 1.37 bits per heavy atom. The summed E-state index contributed by atoms with van der Waals surface area (Å²) < 4.78 is 6.71. The van der Waals surface area contributed by atoms with Crippen molar-refractivity contribution in [1.29, 1.82) is 0 Å². The summed E-state index contributed by atoms with van der Waals surface area (Å²) in [6.07, 6.45) is 0. The van der Waals surface area contributed by atoms with Gasteiger partial charge in [0, 0.05) is 39.0 Å². The second kappa shape index (κ2) is 13.4. The van der Waals surface area contributed by atoms with Crippen LogP contribution in [0, 0.1) is 0 Å². The molecule has 254 valence electrons. The van der Waals surface area contributed by atoms with Crippen LogP contribution in [0.2, 0.25) is 0 Å². The minimum Gasteiger partial charge on any atom is -0.455 e. The quantitative estimate of drug-likeness (QED) is 0.166. The number of hydrogen-bond acceptors (Lipinski definition) is 2. The molecule has 0 fully saturated rings. The lowest BCUT2D eigenvalue weighted by Crippen LogP contribution is -2.10. The standard InChI is InChI=1S/C52H35NO/c1-3-14-38(15-4-1)47-23-11-25-49-50-26-12-24-48(52(50)54-51(47)49)39-30-27-37(28-31-39)41-17-9-21-45(34-41)53(44-19-5-2-6-20-44)46-22-10-18-42(35-46)43-32-29-36-13-7-8-16-40(36)33-43/h1-35H. The van der Waals surface area contributed by atoms with Gasteiger partial charge in [-0.05, 0) is 86.6 Å². The van der Waals surface area contributed by atoms with Crippen LogP contribution in [-0.2, 0) is 0 Å². The van der Waals surface area contributed by atoms with Gasteiger partial charge in [0.15, 0.2) is 0 Å². The van der Waals surface area contributed by atoms with Crippen LogP contribution in [0.4, 0.5) is 17.1 Å². The Labute approximate surface area is 314 Å². The third-order valence-electron chi connectivity index (χ3n) is 10.4. The number of hydrogen-bond donors (Lipinski definition) is 0. The van der Waals surface area contributed by atoms with Crippen molar-refractivity contribution in [2.45, 2.75) is 0 Å². The van der Waals surface area contributed by atoms with Crippen LogP contribution in [0.25, 0.3) is 77.2 Å². The van der Waals surface area contributed by atoms with Crippen molar-refractivity contribution >= 4 is 49.8 Å². The molecule has 54 heavy (non-hydrogen) atoms. The van der Waals surface area contributed by atoms with Crippen LogP contribution in [0.15, 0.2) is 217 Å². The zero-order valence-corrected chi connectivity index (χ0v) is 29.6. The molecule has 0 spiro atoms. The van der Waals surface area contributed by atoms with Crippen LogP contribution in [-0.4, -0.2) is 0 Å². The second-order valence-electron chi connectivity index (χ2n) is 13.7. The van der Waals surface area contributed by atoms with Gasteiger partial charge in [-0.25, -0.2) is 0 Å². The first-order valence-electron chi connectivity index (χ1n) is 18.4. The minimum absolute atomic E-state index is 0.912. The maximum absolute atomic E-state index is 6.71. The molecule has 0 aliphatic rings. The number of anilines is 3. The molecule has 0 N–H and O–H groups in total. The van der Waals surface area contributed by atoms with Crippen molar-refractivity contribution in [3.63, 3.8) is 0 Å². The van der Waals surface area contributed by atoms with E-state index in [0.29, 0.717) is 0 Å². The van der Waals surface area contributed by atoms with E-state index in [1.807, 2.05) is 6.07 Å². The summed E-state index contributed by atoms with van der Waals surface area (Å²) in [5.41, 5.74) is 14.3. The van der Waals surface area contributed by atoms with Crippen LogP contribution in [0.3, 0.4) is 0 Å². The Hall–Kier alpha value is -7.16. The second-order valence-corrected chi connectivity index (χ2v) is 13.7. The van der Waals surface area contributed by atoms with E-state index in [4.69, 9.17) is 4.42 Å². The summed E-state index contributed by atoms with van der Waals surface area (Å²) >= 11 is 0. The van der Waals surface area contributed by atoms with Crippen LogP contribution in [0.1, 0.15) is 0 Å². The van der Waals surface area contributed by atoms with Crippen molar-refractivity contribution < 1.29 is 4.42 Å². The molecular weight excluding hydrogens is 655 g/mol. The van der Waals surface area contributed by atoms with Crippen LogP contribution >= 0.6 is 0 Å². The third-order valence-corrected chi connectivity index (χ3v) is 10.4. The zero-order valence-electron chi connectivity index (χ0n) is 29.6. The largest absolute Gasteiger partial charge is 0.455 e. The smallest absolute Gasteiger partial charge is 0.143 e. The van der Waals surface area contributed by atoms with Crippen molar-refractivity contribution in [3.8, 4) is 44.5 Å². The summed E-state index contributed by atoms with van der Waals surface area (Å²) in [4.78, 5) is 2.34. The molecule has 0 saturated carbocycles. The zero-order chi connectivity index (χ0) is 35.8. The molecule has 0 saturated heterocycles. The van der Waals surface area contributed by atoms with E-state index in [0.717, 1.165) is 72.4 Å². The lowest BCUT2D eigenvalue weighted by molar-refractivity contribution is 0.671. The number of rotatable bonds is 7. The first-order valence-corrected chi connectivity index (χ1v) is 18.4. The fourth-order valence-electron chi connectivity index (χ4n) is 7.78. The molecule has 0 bridgehead atoms. The maximum Gasteiger partial charge on any atom is 0.143 e. The predicted molar refractivity (Wildman–Crippen MR) is 228 cm³/mol. The average Bonchev–Trinajstić information content (AvgIpc) is 3.64. The Kier molecular flexibility index (Phi) is 7.85. The molecule has 10 aromatic rings. The fourth-order valence-corrected chi connectivity index (χ4v) is 7.78. The molecule has 1 aromatic heterocycles. The van der Waals surface area contributed by atoms with E-state index in [1.165, 1.54) is 21.9 Å². The molecule has 10 rings (SSSR count). The summed E-state index contributed by atoms with van der Waals surface area (Å²) in [7, 11) is 0. The van der Waals surface area contributed by atoms with E-state index < -0.39 is 0 Å². The SMILES string of the molecule is c1ccc(-c2cccc3c2oc2c(-c4ccc(-c5cccc(N(c6ccccc6)c6cccc(-c7ccc8ccccc8c7)c6)c5)cc4)cccc23)cc1. The lowest BCUT2D eigenvalue weighted by Gasteiger charge is -2.26. The number of benzene rings is 9. The Bertz CT molecular complexity index is 2920. The van der Waals surface area contributed by atoms with Crippen molar-refractivity contribution in [3.05, 3.63) is 212 Å². The maximum atomic E-state index is 6.71. The van der Waals surface area contributed by atoms with E-state index in [1.54, 1.807) is 0 Å². The van der Waals surface area contributed by atoms with E-state index in [9.17, 15) is 0 Å². The minimum atomic E-state index is 0.912. The molecule has 0 aliphatic carbocycles. The topological polar surface area (TPSA) is 16.4 Å². The average molecular weight is 690 g/mol. The van der Waals surface area contributed by atoms with Crippen LogP contribution in [0.5, 0.6) is 0 Å². The summed E-state index contributed by atoms with van der Waals surface area (Å²) in [6, 6.07) is 75.7. The summed E-state index contributed by atoms with van der Waals surface area (Å²) in [5.74, 6) is 0. The Morgan fingerprint density at radius 2 is 0.722 bits per heavy atom. The number of para-hydroxylation sites is 3. The first kappa shape index (κ1) is 31.6. The number of nitrogens with zero attached hydrogens (tertiary/aromatic N) is 1. The van der Waals surface area contributed by atoms with E-state index >= 15 is 0 Å². The molecule has 0 amide bonds. The normalized spacial score (nSPS) is 11.3. The van der Waals surface area contributed by atoms with Gasteiger partial charge in [0.1, 0.15) is 11.2 Å². The highest BCUT2D eigenvalue weighted by Crippen LogP contribution is 2.41. The van der Waals surface area contributed by atoms with Gasteiger partial charge >= 0.3 is 0 Å². The molecule has 9 aromatic carbocycles. The summed E-state index contributed by atoms with van der Waals surface area (Å²) in [5, 5.41) is 4.75. The van der Waals surface area contributed by atoms with Gasteiger partial charge in [-0.3, -0.25) is 0 Å². The van der Waals surface area contributed by atoms with Crippen LogP contribution < -0.4 is 4.90 Å². The number of fused-ring (bicyclic) bond motifs is 4. The van der Waals surface area contributed by atoms with Gasteiger partial charge in [0.05, 0.1) is 0 Å². The molecule has 2 nitrogen and oxygen atoms in total. The third kappa shape index (κ3) is 5.71. The van der Waals surface area contributed by atoms with E-state index in [-0.39, 0.29) is 0 Å². The van der Waals surface area contributed by atoms with Gasteiger partial charge in [0.2, 0.25) is 0 Å². The Balaban J connectivity index is 1.01. The highest BCUT2D eigenvalue weighted by molar-refractivity contribution is 6.13. The fraction of sp³-hybridized carbons (Fsp3) is 0. The molecule has 0 aliphatic heterocycles. The predicted octanol–water partition coefficient (Wildman–Crippen LogP) is 14.9. The van der Waals surface area contributed by atoms with E-state index in [2.05, 4.69) is 211 Å². The molecule has 0 unspecified atom stereocenters.